The summed E-state index contributed by atoms with van der Waals surface area (Å²) < 4.78 is 0. The molecule has 0 heteroatoms. The molecular formula is C39H26. The lowest BCUT2D eigenvalue weighted by Crippen LogP contribution is -2.15. The van der Waals surface area contributed by atoms with Crippen LogP contribution in [-0.2, 0) is 5.41 Å². The van der Waals surface area contributed by atoms with Gasteiger partial charge in [-0.15, -0.1) is 0 Å². The molecule has 0 aliphatic heterocycles. The van der Waals surface area contributed by atoms with Crippen molar-refractivity contribution in [3.8, 4) is 22.3 Å². The van der Waals surface area contributed by atoms with Gasteiger partial charge in [-0.3, -0.25) is 0 Å². The molecule has 0 N–H and O–H groups in total. The Bertz CT molecular complexity index is 2280. The molecule has 0 unspecified atom stereocenters. The fraction of sp³-hybridized carbons (Fsp3) is 0.0769. The molecule has 0 heterocycles. The lowest BCUT2D eigenvalue weighted by atomic mass is 9.80. The minimum Gasteiger partial charge on any atom is -0.0616 e. The lowest BCUT2D eigenvalue weighted by molar-refractivity contribution is 0.661. The first-order valence-electron chi connectivity index (χ1n) is 13.9. The van der Waals surface area contributed by atoms with Gasteiger partial charge in [0, 0.05) is 5.41 Å². The highest BCUT2D eigenvalue weighted by atomic mass is 14.4. The van der Waals surface area contributed by atoms with Crippen LogP contribution in [0.5, 0.6) is 0 Å². The fourth-order valence-electron chi connectivity index (χ4n) is 7.48. The monoisotopic (exact) mass is 494 g/mol. The smallest absolute Gasteiger partial charge is 0.0159 e. The Morgan fingerprint density at radius 3 is 1.95 bits per heavy atom. The molecule has 8 aromatic rings. The van der Waals surface area contributed by atoms with Crippen LogP contribution in [0, 0.1) is 0 Å². The minimum absolute atomic E-state index is 0.0855. The van der Waals surface area contributed by atoms with Crippen molar-refractivity contribution in [2.24, 2.45) is 0 Å². The Kier molecular flexibility index (Phi) is 3.95. The molecule has 0 saturated heterocycles. The van der Waals surface area contributed by atoms with E-state index in [1.807, 2.05) is 0 Å². The molecule has 0 saturated carbocycles. The summed E-state index contributed by atoms with van der Waals surface area (Å²) in [5.74, 6) is 0. The van der Waals surface area contributed by atoms with E-state index in [1.54, 1.807) is 0 Å². The zero-order chi connectivity index (χ0) is 25.9. The summed E-state index contributed by atoms with van der Waals surface area (Å²) in [5, 5.41) is 13.4. The van der Waals surface area contributed by atoms with Crippen LogP contribution in [0.25, 0.3) is 76.1 Å². The summed E-state index contributed by atoms with van der Waals surface area (Å²) in [4.78, 5) is 0. The predicted molar refractivity (Wildman–Crippen MR) is 168 cm³/mol. The van der Waals surface area contributed by atoms with E-state index in [9.17, 15) is 0 Å². The number of fused-ring (bicyclic) bond motifs is 7. The van der Waals surface area contributed by atoms with Crippen molar-refractivity contribution in [2.75, 3.05) is 0 Å². The predicted octanol–water partition coefficient (Wildman–Crippen LogP) is 10.9. The van der Waals surface area contributed by atoms with Crippen LogP contribution >= 0.6 is 0 Å². The van der Waals surface area contributed by atoms with Crippen LogP contribution in [0.1, 0.15) is 25.0 Å². The molecule has 0 nitrogen and oxygen atoms in total. The van der Waals surface area contributed by atoms with E-state index in [1.165, 1.54) is 87.2 Å². The van der Waals surface area contributed by atoms with Gasteiger partial charge in [-0.2, -0.15) is 0 Å². The average Bonchev–Trinajstić information content (AvgIpc) is 3.21. The van der Waals surface area contributed by atoms with Crippen LogP contribution in [0.4, 0.5) is 0 Å². The summed E-state index contributed by atoms with van der Waals surface area (Å²) in [6.07, 6.45) is 0. The maximum absolute atomic E-state index is 2.47. The Morgan fingerprint density at radius 2 is 1.10 bits per heavy atom. The Labute approximate surface area is 227 Å². The normalized spacial score (nSPS) is 14.1. The molecule has 0 atom stereocenters. The van der Waals surface area contributed by atoms with Gasteiger partial charge in [0.2, 0.25) is 0 Å². The topological polar surface area (TPSA) is 0 Å². The summed E-state index contributed by atoms with van der Waals surface area (Å²) in [5.41, 5.74) is 8.15. The van der Waals surface area contributed by atoms with Gasteiger partial charge >= 0.3 is 0 Å². The van der Waals surface area contributed by atoms with E-state index < -0.39 is 0 Å². The maximum atomic E-state index is 2.47. The number of hydrogen-bond acceptors (Lipinski definition) is 0. The molecular weight excluding hydrogens is 468 g/mol. The molecule has 0 amide bonds. The number of benzene rings is 8. The van der Waals surface area contributed by atoms with Crippen molar-refractivity contribution in [1.29, 1.82) is 0 Å². The first-order valence-corrected chi connectivity index (χ1v) is 13.9. The summed E-state index contributed by atoms with van der Waals surface area (Å²) in [7, 11) is 0. The third kappa shape index (κ3) is 2.69. The molecule has 8 aromatic carbocycles. The SMILES string of the molecule is CC1(C)c2cc(-c3cc4ccccc4c4ccccc34)ccc2-c2c1cc1ccc3cccc4ccc2c1c34. The van der Waals surface area contributed by atoms with Crippen molar-refractivity contribution in [3.05, 3.63) is 132 Å². The van der Waals surface area contributed by atoms with E-state index in [0.29, 0.717) is 0 Å². The molecule has 0 spiro atoms. The Morgan fingerprint density at radius 1 is 0.410 bits per heavy atom. The van der Waals surface area contributed by atoms with Gasteiger partial charge in [0.25, 0.3) is 0 Å². The number of rotatable bonds is 1. The van der Waals surface area contributed by atoms with Gasteiger partial charge < -0.3 is 0 Å². The standard InChI is InChI=1S/C39H26/c1-39(2)34-21-26(33-20-25-8-3-4-11-28(25)29-12-5-6-13-30(29)33)17-18-31(34)38-32-19-16-24-10-7-9-23-14-15-27(22-35(38)39)37(32)36(23)24/h3-22H,1-2H3. The van der Waals surface area contributed by atoms with Crippen molar-refractivity contribution in [1.82, 2.24) is 0 Å². The van der Waals surface area contributed by atoms with Crippen molar-refractivity contribution >= 4 is 53.9 Å². The molecule has 9 rings (SSSR count). The van der Waals surface area contributed by atoms with Crippen LogP contribution < -0.4 is 0 Å². The molecule has 182 valence electrons. The molecule has 0 fully saturated rings. The van der Waals surface area contributed by atoms with Crippen molar-refractivity contribution in [3.63, 3.8) is 0 Å². The van der Waals surface area contributed by atoms with E-state index in [0.717, 1.165) is 0 Å². The molecule has 0 bridgehead atoms. The van der Waals surface area contributed by atoms with Gasteiger partial charge in [-0.25, -0.2) is 0 Å². The van der Waals surface area contributed by atoms with Crippen LogP contribution in [-0.4, -0.2) is 0 Å². The van der Waals surface area contributed by atoms with Crippen molar-refractivity contribution < 1.29 is 0 Å². The zero-order valence-electron chi connectivity index (χ0n) is 22.0. The highest BCUT2D eigenvalue weighted by Crippen LogP contribution is 2.54. The third-order valence-corrected chi connectivity index (χ3v) is 9.36. The molecule has 0 radical (unpaired) electrons. The Hall–Kier alpha value is -4.68. The maximum Gasteiger partial charge on any atom is 0.0159 e. The van der Waals surface area contributed by atoms with Gasteiger partial charge in [-0.05, 0) is 105 Å². The summed E-state index contributed by atoms with van der Waals surface area (Å²) in [6.45, 7) is 4.80. The lowest BCUT2D eigenvalue weighted by Gasteiger charge is -2.23. The van der Waals surface area contributed by atoms with Crippen molar-refractivity contribution in [2.45, 2.75) is 19.3 Å². The summed E-state index contributed by atoms with van der Waals surface area (Å²) >= 11 is 0. The van der Waals surface area contributed by atoms with E-state index in [4.69, 9.17) is 0 Å². The second kappa shape index (κ2) is 7.24. The van der Waals surface area contributed by atoms with Gasteiger partial charge in [0.05, 0.1) is 0 Å². The van der Waals surface area contributed by atoms with E-state index >= 15 is 0 Å². The largest absolute Gasteiger partial charge is 0.0616 e. The van der Waals surface area contributed by atoms with Crippen LogP contribution in [0.3, 0.4) is 0 Å². The van der Waals surface area contributed by atoms with Gasteiger partial charge in [0.1, 0.15) is 0 Å². The van der Waals surface area contributed by atoms with Crippen LogP contribution in [0.2, 0.25) is 0 Å². The van der Waals surface area contributed by atoms with E-state index in [2.05, 4.69) is 135 Å². The average molecular weight is 495 g/mol. The molecule has 0 aromatic heterocycles. The third-order valence-electron chi connectivity index (χ3n) is 9.36. The highest BCUT2D eigenvalue weighted by Gasteiger charge is 2.37. The first-order chi connectivity index (χ1) is 19.1. The zero-order valence-corrected chi connectivity index (χ0v) is 22.0. The Balaban J connectivity index is 1.35. The molecule has 1 aliphatic carbocycles. The minimum atomic E-state index is -0.0855. The first kappa shape index (κ1) is 21.3. The fourth-order valence-corrected chi connectivity index (χ4v) is 7.48. The second-order valence-electron chi connectivity index (χ2n) is 11.7. The quantitative estimate of drug-likeness (QED) is 0.199. The van der Waals surface area contributed by atoms with Gasteiger partial charge in [-0.1, -0.05) is 117 Å². The van der Waals surface area contributed by atoms with E-state index in [-0.39, 0.29) is 5.41 Å². The number of hydrogen-bond donors (Lipinski definition) is 0. The second-order valence-corrected chi connectivity index (χ2v) is 11.7. The molecule has 39 heavy (non-hydrogen) atoms. The highest BCUT2D eigenvalue weighted by molar-refractivity contribution is 6.26. The van der Waals surface area contributed by atoms with Gasteiger partial charge in [0.15, 0.2) is 0 Å². The molecule has 1 aliphatic rings. The summed E-state index contributed by atoms with van der Waals surface area (Å²) in [6, 6.07) is 45.6. The van der Waals surface area contributed by atoms with Crippen LogP contribution in [0.15, 0.2) is 121 Å².